The van der Waals surface area contributed by atoms with E-state index in [4.69, 9.17) is 15.6 Å². The molecular weight excluding hydrogens is 268 g/mol. The topological polar surface area (TPSA) is 84.6 Å². The van der Waals surface area contributed by atoms with Crippen LogP contribution in [0.15, 0.2) is 48.5 Å². The minimum Gasteiger partial charge on any atom is -0.489 e. The molecule has 0 bridgehead atoms. The van der Waals surface area contributed by atoms with Crippen molar-refractivity contribution in [3.8, 4) is 5.75 Å². The third kappa shape index (κ3) is 4.50. The molecule has 0 fully saturated rings. The fraction of sp³-hybridized carbons (Fsp3) is 0.188. The summed E-state index contributed by atoms with van der Waals surface area (Å²) in [7, 11) is 0. The summed E-state index contributed by atoms with van der Waals surface area (Å²) in [6, 6.07) is 14.3. The van der Waals surface area contributed by atoms with Gasteiger partial charge in [0.2, 0.25) is 0 Å². The normalized spacial score (nSPS) is 10.1. The van der Waals surface area contributed by atoms with Crippen molar-refractivity contribution in [3.05, 3.63) is 59.7 Å². The van der Waals surface area contributed by atoms with Crippen molar-refractivity contribution in [2.45, 2.75) is 6.61 Å². The Hall–Kier alpha value is -2.53. The molecule has 0 saturated carbocycles. The van der Waals surface area contributed by atoms with Crippen LogP contribution in [0.25, 0.3) is 0 Å². The molecule has 2 aromatic carbocycles. The number of hydrogen-bond donors (Lipinski definition) is 3. The number of carboxylic acid groups (broad SMARTS) is 1. The molecule has 0 spiro atoms. The van der Waals surface area contributed by atoms with E-state index in [0.29, 0.717) is 19.7 Å². The van der Waals surface area contributed by atoms with Gasteiger partial charge >= 0.3 is 5.97 Å². The van der Waals surface area contributed by atoms with Crippen LogP contribution in [0, 0.1) is 0 Å². The lowest BCUT2D eigenvalue weighted by Gasteiger charge is -2.09. The van der Waals surface area contributed by atoms with Crippen molar-refractivity contribution in [3.63, 3.8) is 0 Å². The van der Waals surface area contributed by atoms with E-state index < -0.39 is 5.97 Å². The summed E-state index contributed by atoms with van der Waals surface area (Å²) in [5, 5.41) is 12.1. The minimum absolute atomic E-state index is 0.259. The van der Waals surface area contributed by atoms with Crippen LogP contribution >= 0.6 is 0 Å². The van der Waals surface area contributed by atoms with E-state index in [1.807, 2.05) is 30.3 Å². The SMILES string of the molecule is NCCNc1cccc(OCc2cccc(C(=O)O)c2)c1. The molecule has 0 aromatic heterocycles. The first-order chi connectivity index (χ1) is 10.2. The Morgan fingerprint density at radius 3 is 2.76 bits per heavy atom. The van der Waals surface area contributed by atoms with E-state index in [1.54, 1.807) is 18.2 Å². The van der Waals surface area contributed by atoms with Crippen LogP contribution in [-0.4, -0.2) is 24.2 Å². The molecule has 2 aromatic rings. The lowest BCUT2D eigenvalue weighted by atomic mass is 10.1. The third-order valence-electron chi connectivity index (χ3n) is 2.89. The molecule has 0 unspecified atom stereocenters. The zero-order valence-electron chi connectivity index (χ0n) is 11.6. The predicted octanol–water partition coefficient (Wildman–Crippen LogP) is 2.33. The number of rotatable bonds is 7. The number of carbonyl (C=O) groups is 1. The first-order valence-corrected chi connectivity index (χ1v) is 6.68. The van der Waals surface area contributed by atoms with Crippen LogP contribution < -0.4 is 15.8 Å². The highest BCUT2D eigenvalue weighted by Crippen LogP contribution is 2.18. The lowest BCUT2D eigenvalue weighted by Crippen LogP contribution is -2.12. The van der Waals surface area contributed by atoms with Crippen molar-refractivity contribution in [1.82, 2.24) is 0 Å². The molecule has 0 aliphatic carbocycles. The van der Waals surface area contributed by atoms with Gasteiger partial charge in [-0.15, -0.1) is 0 Å². The standard InChI is InChI=1S/C16H18N2O3/c17-7-8-18-14-5-2-6-15(10-14)21-11-12-3-1-4-13(9-12)16(19)20/h1-6,9-10,18H,7-8,11,17H2,(H,19,20). The fourth-order valence-corrected chi connectivity index (χ4v) is 1.87. The minimum atomic E-state index is -0.940. The monoisotopic (exact) mass is 286 g/mol. The number of aromatic carboxylic acids is 1. The number of anilines is 1. The second kappa shape index (κ2) is 7.31. The number of nitrogens with one attached hydrogen (secondary N) is 1. The van der Waals surface area contributed by atoms with Crippen LogP contribution in [0.5, 0.6) is 5.75 Å². The van der Waals surface area contributed by atoms with Crippen LogP contribution in [0.1, 0.15) is 15.9 Å². The zero-order chi connectivity index (χ0) is 15.1. The van der Waals surface area contributed by atoms with Crippen molar-refractivity contribution in [1.29, 1.82) is 0 Å². The molecule has 5 nitrogen and oxygen atoms in total. The lowest BCUT2D eigenvalue weighted by molar-refractivity contribution is 0.0696. The van der Waals surface area contributed by atoms with Gasteiger partial charge in [0.25, 0.3) is 0 Å². The molecule has 0 aliphatic rings. The summed E-state index contributed by atoms with van der Waals surface area (Å²) in [6.07, 6.45) is 0. The van der Waals surface area contributed by atoms with Crippen LogP contribution in [0.4, 0.5) is 5.69 Å². The van der Waals surface area contributed by atoms with Gasteiger partial charge in [-0.3, -0.25) is 0 Å². The summed E-state index contributed by atoms with van der Waals surface area (Å²) in [5.41, 5.74) is 7.46. The Morgan fingerprint density at radius 2 is 2.00 bits per heavy atom. The van der Waals surface area contributed by atoms with Gasteiger partial charge in [0.1, 0.15) is 12.4 Å². The molecule has 0 aliphatic heterocycles. The average Bonchev–Trinajstić information content (AvgIpc) is 2.51. The van der Waals surface area contributed by atoms with Gasteiger partial charge in [0.05, 0.1) is 5.56 Å². The predicted molar refractivity (Wildman–Crippen MR) is 81.7 cm³/mol. The quantitative estimate of drug-likeness (QED) is 0.727. The van der Waals surface area contributed by atoms with Gasteiger partial charge < -0.3 is 20.9 Å². The first kappa shape index (κ1) is 14.9. The van der Waals surface area contributed by atoms with E-state index in [9.17, 15) is 4.79 Å². The van der Waals surface area contributed by atoms with Gasteiger partial charge in [-0.1, -0.05) is 18.2 Å². The molecule has 5 heteroatoms. The summed E-state index contributed by atoms with van der Waals surface area (Å²) < 4.78 is 5.68. The smallest absolute Gasteiger partial charge is 0.335 e. The Bertz CT molecular complexity index is 614. The molecule has 0 saturated heterocycles. The summed E-state index contributed by atoms with van der Waals surface area (Å²) in [6.45, 7) is 1.58. The molecule has 0 amide bonds. The van der Waals surface area contributed by atoms with Crippen LogP contribution in [-0.2, 0) is 6.61 Å². The van der Waals surface area contributed by atoms with E-state index in [1.165, 1.54) is 0 Å². The number of carboxylic acids is 1. The Balaban J connectivity index is 1.99. The van der Waals surface area contributed by atoms with Gasteiger partial charge in [-0.2, -0.15) is 0 Å². The molecular formula is C16H18N2O3. The molecule has 2 rings (SSSR count). The summed E-state index contributed by atoms with van der Waals surface area (Å²) in [5.74, 6) is -0.220. The zero-order valence-corrected chi connectivity index (χ0v) is 11.6. The van der Waals surface area contributed by atoms with E-state index >= 15 is 0 Å². The number of benzene rings is 2. The Kier molecular flexibility index (Phi) is 5.17. The second-order valence-electron chi connectivity index (χ2n) is 4.54. The van der Waals surface area contributed by atoms with E-state index in [2.05, 4.69) is 5.32 Å². The first-order valence-electron chi connectivity index (χ1n) is 6.68. The highest BCUT2D eigenvalue weighted by Gasteiger charge is 2.04. The highest BCUT2D eigenvalue weighted by molar-refractivity contribution is 5.87. The average molecular weight is 286 g/mol. The van der Waals surface area contributed by atoms with Crippen molar-refractivity contribution in [2.24, 2.45) is 5.73 Å². The third-order valence-corrected chi connectivity index (χ3v) is 2.89. The number of nitrogens with two attached hydrogens (primary N) is 1. The molecule has 0 atom stereocenters. The molecule has 0 radical (unpaired) electrons. The maximum absolute atomic E-state index is 10.9. The van der Waals surface area contributed by atoms with E-state index in [-0.39, 0.29) is 5.56 Å². The van der Waals surface area contributed by atoms with Gasteiger partial charge in [-0.05, 0) is 29.8 Å². The summed E-state index contributed by atoms with van der Waals surface area (Å²) in [4.78, 5) is 10.9. The maximum Gasteiger partial charge on any atom is 0.335 e. The fourth-order valence-electron chi connectivity index (χ4n) is 1.87. The molecule has 21 heavy (non-hydrogen) atoms. The summed E-state index contributed by atoms with van der Waals surface area (Å²) >= 11 is 0. The maximum atomic E-state index is 10.9. The Labute approximate surface area is 123 Å². The van der Waals surface area contributed by atoms with Gasteiger partial charge in [0.15, 0.2) is 0 Å². The van der Waals surface area contributed by atoms with Gasteiger partial charge in [-0.25, -0.2) is 4.79 Å². The van der Waals surface area contributed by atoms with Crippen molar-refractivity contribution < 1.29 is 14.6 Å². The largest absolute Gasteiger partial charge is 0.489 e. The van der Waals surface area contributed by atoms with Crippen molar-refractivity contribution in [2.75, 3.05) is 18.4 Å². The van der Waals surface area contributed by atoms with Crippen molar-refractivity contribution >= 4 is 11.7 Å². The number of hydrogen-bond acceptors (Lipinski definition) is 4. The molecule has 110 valence electrons. The van der Waals surface area contributed by atoms with E-state index in [0.717, 1.165) is 17.0 Å². The number of ether oxygens (including phenoxy) is 1. The molecule has 4 N–H and O–H groups in total. The second-order valence-corrected chi connectivity index (χ2v) is 4.54. The van der Waals surface area contributed by atoms with Crippen LogP contribution in [0.3, 0.4) is 0 Å². The Morgan fingerprint density at radius 1 is 1.19 bits per heavy atom. The van der Waals surface area contributed by atoms with Crippen LogP contribution in [0.2, 0.25) is 0 Å². The highest BCUT2D eigenvalue weighted by atomic mass is 16.5. The van der Waals surface area contributed by atoms with Gasteiger partial charge in [0, 0.05) is 24.8 Å². The molecule has 0 heterocycles.